The molecule has 0 amide bonds. The van der Waals surface area contributed by atoms with E-state index < -0.39 is 0 Å². The van der Waals surface area contributed by atoms with Gasteiger partial charge in [0.15, 0.2) is 0 Å². The van der Waals surface area contributed by atoms with Crippen LogP contribution in [0.3, 0.4) is 0 Å². The summed E-state index contributed by atoms with van der Waals surface area (Å²) in [5.74, 6) is 4.07. The van der Waals surface area contributed by atoms with Gasteiger partial charge in [0.2, 0.25) is 0 Å². The molecule has 4 aliphatic rings. The van der Waals surface area contributed by atoms with Crippen molar-refractivity contribution in [2.75, 3.05) is 50.8 Å². The van der Waals surface area contributed by atoms with Crippen LogP contribution in [0.1, 0.15) is 63.4 Å². The summed E-state index contributed by atoms with van der Waals surface area (Å²) in [6, 6.07) is 2.00. The average Bonchev–Trinajstić information content (AvgIpc) is 3.51. The maximum Gasteiger partial charge on any atom is 0.135 e. The van der Waals surface area contributed by atoms with E-state index in [1.807, 2.05) is 12.3 Å². The van der Waals surface area contributed by atoms with E-state index in [2.05, 4.69) is 14.8 Å². The first-order valence-corrected chi connectivity index (χ1v) is 13.0. The number of ether oxygens (including phenoxy) is 2. The molecule has 5 rings (SSSR count). The average molecular weight is 442 g/mol. The van der Waals surface area contributed by atoms with Crippen LogP contribution in [0.5, 0.6) is 5.75 Å². The third kappa shape index (κ3) is 5.45. The quantitative estimate of drug-likeness (QED) is 0.611. The Kier molecular flexibility index (Phi) is 7.28. The zero-order chi connectivity index (χ0) is 21.8. The van der Waals surface area contributed by atoms with Gasteiger partial charge in [-0.1, -0.05) is 12.8 Å². The SMILES string of the molecule is O=C(CC1CCC(CCN2CCN(c3nccc4c3CCO4)CC2)CC1)C[C@H]1CCCO1. The zero-order valence-corrected chi connectivity index (χ0v) is 19.5. The van der Waals surface area contributed by atoms with Gasteiger partial charge >= 0.3 is 0 Å². The fourth-order valence-electron chi connectivity index (χ4n) is 6.11. The summed E-state index contributed by atoms with van der Waals surface area (Å²) in [7, 11) is 0. The third-order valence-corrected chi connectivity index (χ3v) is 8.09. The Morgan fingerprint density at radius 3 is 2.59 bits per heavy atom. The van der Waals surface area contributed by atoms with E-state index in [4.69, 9.17) is 9.47 Å². The molecule has 6 nitrogen and oxygen atoms in total. The molecule has 2 saturated heterocycles. The van der Waals surface area contributed by atoms with Gasteiger partial charge in [0, 0.05) is 63.8 Å². The number of aromatic nitrogens is 1. The molecule has 1 atom stereocenters. The second-order valence-corrected chi connectivity index (χ2v) is 10.3. The van der Waals surface area contributed by atoms with E-state index >= 15 is 0 Å². The number of carbonyl (C=O) groups excluding carboxylic acids is 1. The Morgan fingerprint density at radius 2 is 1.81 bits per heavy atom. The predicted molar refractivity (Wildman–Crippen MR) is 125 cm³/mol. The summed E-state index contributed by atoms with van der Waals surface area (Å²) >= 11 is 0. The van der Waals surface area contributed by atoms with Gasteiger partial charge in [-0.15, -0.1) is 0 Å². The van der Waals surface area contributed by atoms with Gasteiger partial charge in [-0.05, 0) is 56.6 Å². The largest absolute Gasteiger partial charge is 0.493 e. The maximum atomic E-state index is 12.4. The van der Waals surface area contributed by atoms with E-state index in [1.54, 1.807) is 0 Å². The molecule has 1 aliphatic carbocycles. The van der Waals surface area contributed by atoms with Crippen LogP contribution in [0.4, 0.5) is 5.82 Å². The fraction of sp³-hybridized carbons (Fsp3) is 0.769. The predicted octanol–water partition coefficient (Wildman–Crippen LogP) is 3.86. The highest BCUT2D eigenvalue weighted by atomic mass is 16.5. The minimum Gasteiger partial charge on any atom is -0.493 e. The van der Waals surface area contributed by atoms with Crippen molar-refractivity contribution in [3.05, 3.63) is 17.8 Å². The van der Waals surface area contributed by atoms with Crippen molar-refractivity contribution >= 4 is 11.6 Å². The number of anilines is 1. The van der Waals surface area contributed by atoms with Gasteiger partial charge in [0.05, 0.1) is 12.7 Å². The molecule has 0 radical (unpaired) electrons. The molecule has 3 aliphatic heterocycles. The first kappa shape index (κ1) is 22.1. The number of piperazine rings is 1. The van der Waals surface area contributed by atoms with Crippen LogP contribution in [0, 0.1) is 11.8 Å². The maximum absolute atomic E-state index is 12.4. The summed E-state index contributed by atoms with van der Waals surface area (Å²) in [6.07, 6.45) is 13.1. The lowest BCUT2D eigenvalue weighted by Crippen LogP contribution is -2.47. The third-order valence-electron chi connectivity index (χ3n) is 8.09. The summed E-state index contributed by atoms with van der Waals surface area (Å²) in [5.41, 5.74) is 1.30. The minimum atomic E-state index is 0.214. The molecule has 1 aromatic heterocycles. The summed E-state index contributed by atoms with van der Waals surface area (Å²) in [4.78, 5) is 22.1. The number of nitrogens with zero attached hydrogens (tertiary/aromatic N) is 3. The molecule has 0 aromatic carbocycles. The second-order valence-electron chi connectivity index (χ2n) is 10.3. The Labute approximate surface area is 192 Å². The fourth-order valence-corrected chi connectivity index (χ4v) is 6.11. The molecule has 176 valence electrons. The number of fused-ring (bicyclic) bond motifs is 1. The molecule has 0 N–H and O–H groups in total. The van der Waals surface area contributed by atoms with Crippen LogP contribution in [0.2, 0.25) is 0 Å². The Balaban J connectivity index is 0.988. The molecular weight excluding hydrogens is 402 g/mol. The molecule has 4 heterocycles. The summed E-state index contributed by atoms with van der Waals surface area (Å²) in [6.45, 7) is 7.21. The molecule has 1 aromatic rings. The highest BCUT2D eigenvalue weighted by molar-refractivity contribution is 5.79. The highest BCUT2D eigenvalue weighted by Gasteiger charge is 2.27. The monoisotopic (exact) mass is 441 g/mol. The lowest BCUT2D eigenvalue weighted by Gasteiger charge is -2.37. The molecule has 0 spiro atoms. The van der Waals surface area contributed by atoms with Crippen LogP contribution < -0.4 is 9.64 Å². The summed E-state index contributed by atoms with van der Waals surface area (Å²) in [5, 5.41) is 0. The van der Waals surface area contributed by atoms with Gasteiger partial charge in [0.1, 0.15) is 17.4 Å². The van der Waals surface area contributed by atoms with Crippen molar-refractivity contribution in [3.63, 3.8) is 0 Å². The second kappa shape index (κ2) is 10.5. The van der Waals surface area contributed by atoms with Gasteiger partial charge < -0.3 is 14.4 Å². The summed E-state index contributed by atoms with van der Waals surface area (Å²) < 4.78 is 11.3. The van der Waals surface area contributed by atoms with Crippen LogP contribution in [0.15, 0.2) is 12.3 Å². The first-order valence-electron chi connectivity index (χ1n) is 13.0. The van der Waals surface area contributed by atoms with E-state index in [0.29, 0.717) is 18.1 Å². The number of ketones is 1. The van der Waals surface area contributed by atoms with Crippen molar-refractivity contribution in [3.8, 4) is 5.75 Å². The van der Waals surface area contributed by atoms with Gasteiger partial charge in [-0.2, -0.15) is 0 Å². The number of rotatable bonds is 8. The van der Waals surface area contributed by atoms with Crippen molar-refractivity contribution in [1.82, 2.24) is 9.88 Å². The van der Waals surface area contributed by atoms with Crippen molar-refractivity contribution in [2.45, 2.75) is 70.3 Å². The van der Waals surface area contributed by atoms with E-state index in [-0.39, 0.29) is 6.10 Å². The first-order chi connectivity index (χ1) is 15.7. The molecule has 32 heavy (non-hydrogen) atoms. The molecule has 1 saturated carbocycles. The topological polar surface area (TPSA) is 54.9 Å². The lowest BCUT2D eigenvalue weighted by molar-refractivity contribution is -0.122. The van der Waals surface area contributed by atoms with Crippen molar-refractivity contribution in [2.24, 2.45) is 11.8 Å². The van der Waals surface area contributed by atoms with E-state index in [0.717, 1.165) is 82.6 Å². The van der Waals surface area contributed by atoms with Gasteiger partial charge in [-0.25, -0.2) is 4.98 Å². The Morgan fingerprint density at radius 1 is 1.00 bits per heavy atom. The van der Waals surface area contributed by atoms with Crippen LogP contribution in [-0.2, 0) is 16.0 Å². The molecular formula is C26H39N3O3. The normalized spacial score (nSPS) is 28.5. The Bertz CT molecular complexity index is 764. The smallest absolute Gasteiger partial charge is 0.135 e. The number of hydrogen-bond donors (Lipinski definition) is 0. The number of Topliss-reactive ketones (excluding diaryl/α,β-unsaturated/α-hetero) is 1. The number of pyridine rings is 1. The van der Waals surface area contributed by atoms with Gasteiger partial charge in [-0.3, -0.25) is 9.69 Å². The minimum absolute atomic E-state index is 0.214. The standard InChI is InChI=1S/C26H39N3O3/c30-22(19-23-2-1-16-31-23)18-21-5-3-20(4-6-21)8-11-28-12-14-29(15-13-28)26-24-9-17-32-25(24)7-10-27-26/h7,10,20-21,23H,1-6,8-9,11-19H2/t20?,21?,23-/m1/s1. The molecule has 0 bridgehead atoms. The van der Waals surface area contributed by atoms with Gasteiger partial charge in [0.25, 0.3) is 0 Å². The molecule has 0 unspecified atom stereocenters. The van der Waals surface area contributed by atoms with Crippen LogP contribution >= 0.6 is 0 Å². The number of hydrogen-bond acceptors (Lipinski definition) is 6. The van der Waals surface area contributed by atoms with E-state index in [9.17, 15) is 4.79 Å². The molecule has 6 heteroatoms. The Hall–Kier alpha value is -1.66. The highest BCUT2D eigenvalue weighted by Crippen LogP contribution is 2.34. The molecule has 3 fully saturated rings. The van der Waals surface area contributed by atoms with Crippen LogP contribution in [0.25, 0.3) is 0 Å². The lowest BCUT2D eigenvalue weighted by atomic mass is 9.78. The van der Waals surface area contributed by atoms with Crippen molar-refractivity contribution < 1.29 is 14.3 Å². The number of carbonyl (C=O) groups is 1. The van der Waals surface area contributed by atoms with E-state index in [1.165, 1.54) is 44.2 Å². The zero-order valence-electron chi connectivity index (χ0n) is 19.5. The van der Waals surface area contributed by atoms with Crippen molar-refractivity contribution in [1.29, 1.82) is 0 Å². The van der Waals surface area contributed by atoms with Crippen LogP contribution in [-0.4, -0.2) is 67.7 Å².